The molecule has 3 nitrogen and oxygen atoms in total. The van der Waals surface area contributed by atoms with Gasteiger partial charge in [-0.05, 0) is 39.1 Å². The molecule has 0 aromatic heterocycles. The van der Waals surface area contributed by atoms with Gasteiger partial charge in [-0.2, -0.15) is 0 Å². The Morgan fingerprint density at radius 3 is 2.14 bits per heavy atom. The van der Waals surface area contributed by atoms with Crippen molar-refractivity contribution < 1.29 is 14.0 Å². The highest BCUT2D eigenvalue weighted by Crippen LogP contribution is 2.27. The van der Waals surface area contributed by atoms with Crippen LogP contribution in [0.4, 0.5) is 4.39 Å². The number of aldehydes is 1. The third-order valence-corrected chi connectivity index (χ3v) is 3.71. The molecule has 2 rings (SSSR count). The summed E-state index contributed by atoms with van der Waals surface area (Å²) in [5.74, 6) is -0.738. The second kappa shape index (κ2) is 6.26. The Bertz CT molecular complexity index is 714. The molecular formula is C18H20FNO2. The summed E-state index contributed by atoms with van der Waals surface area (Å²) in [5, 5.41) is 0.824. The Balaban J connectivity index is 2.75. The standard InChI is InChI=1S/C18H20FNO2/c1-11(2)20(12(3)4)18(22)17-13(10-21)9-16(19)14-7-5-6-8-15(14)17/h5-12H,1-4H3. The topological polar surface area (TPSA) is 37.4 Å². The summed E-state index contributed by atoms with van der Waals surface area (Å²) in [7, 11) is 0. The average Bonchev–Trinajstić information content (AvgIpc) is 2.46. The van der Waals surface area contributed by atoms with Crippen LogP contribution < -0.4 is 0 Å². The average molecular weight is 301 g/mol. The van der Waals surface area contributed by atoms with Crippen molar-refractivity contribution in [3.8, 4) is 0 Å². The van der Waals surface area contributed by atoms with E-state index in [1.54, 1.807) is 29.2 Å². The first-order chi connectivity index (χ1) is 10.4. The number of halogens is 1. The van der Waals surface area contributed by atoms with Crippen molar-refractivity contribution in [1.29, 1.82) is 0 Å². The highest BCUT2D eigenvalue weighted by molar-refractivity contribution is 6.12. The maximum absolute atomic E-state index is 14.1. The molecule has 0 saturated heterocycles. The molecule has 0 bridgehead atoms. The molecule has 2 aromatic rings. The summed E-state index contributed by atoms with van der Waals surface area (Å²) >= 11 is 0. The second-order valence-electron chi connectivity index (χ2n) is 5.89. The molecule has 0 fully saturated rings. The molecular weight excluding hydrogens is 281 g/mol. The Hall–Kier alpha value is -2.23. The zero-order valence-electron chi connectivity index (χ0n) is 13.3. The number of carbonyl (C=O) groups is 2. The molecule has 116 valence electrons. The third-order valence-electron chi connectivity index (χ3n) is 3.71. The normalized spacial score (nSPS) is 11.2. The van der Waals surface area contributed by atoms with E-state index in [2.05, 4.69) is 0 Å². The summed E-state index contributed by atoms with van der Waals surface area (Å²) in [6.45, 7) is 7.68. The Kier molecular flexibility index (Phi) is 4.59. The molecule has 0 saturated carbocycles. The van der Waals surface area contributed by atoms with E-state index in [1.165, 1.54) is 0 Å². The number of amides is 1. The number of hydrogen-bond acceptors (Lipinski definition) is 2. The molecule has 0 unspecified atom stereocenters. The lowest BCUT2D eigenvalue weighted by molar-refractivity contribution is 0.0643. The maximum Gasteiger partial charge on any atom is 0.255 e. The van der Waals surface area contributed by atoms with Gasteiger partial charge in [0.1, 0.15) is 5.82 Å². The third kappa shape index (κ3) is 2.73. The lowest BCUT2D eigenvalue weighted by atomic mass is 9.97. The predicted octanol–water partition coefficient (Wildman–Crippen LogP) is 4.05. The monoisotopic (exact) mass is 301 g/mol. The molecule has 1 amide bonds. The van der Waals surface area contributed by atoms with Crippen LogP contribution in [0.15, 0.2) is 30.3 Å². The van der Waals surface area contributed by atoms with Crippen LogP contribution in [0.25, 0.3) is 10.8 Å². The number of hydrogen-bond donors (Lipinski definition) is 0. The Morgan fingerprint density at radius 2 is 1.64 bits per heavy atom. The van der Waals surface area contributed by atoms with Gasteiger partial charge < -0.3 is 4.90 Å². The minimum absolute atomic E-state index is 0.0178. The van der Waals surface area contributed by atoms with E-state index in [4.69, 9.17) is 0 Å². The highest BCUT2D eigenvalue weighted by Gasteiger charge is 2.26. The SMILES string of the molecule is CC(C)N(C(=O)c1c(C=O)cc(F)c2ccccc12)C(C)C. The van der Waals surface area contributed by atoms with E-state index in [-0.39, 0.29) is 29.1 Å². The van der Waals surface area contributed by atoms with Crippen LogP contribution in [0, 0.1) is 5.82 Å². The van der Waals surface area contributed by atoms with Crippen LogP contribution in [0.3, 0.4) is 0 Å². The maximum atomic E-state index is 14.1. The van der Waals surface area contributed by atoms with Crippen molar-refractivity contribution in [3.05, 3.63) is 47.3 Å². The Labute approximate surface area is 129 Å². The van der Waals surface area contributed by atoms with Crippen LogP contribution >= 0.6 is 0 Å². The molecule has 0 radical (unpaired) electrons. The molecule has 4 heteroatoms. The molecule has 2 aromatic carbocycles. The molecule has 0 aliphatic heterocycles. The predicted molar refractivity (Wildman–Crippen MR) is 85.7 cm³/mol. The van der Waals surface area contributed by atoms with Gasteiger partial charge >= 0.3 is 0 Å². The number of fused-ring (bicyclic) bond motifs is 1. The lowest BCUT2D eigenvalue weighted by Gasteiger charge is -2.31. The first kappa shape index (κ1) is 16.1. The minimum Gasteiger partial charge on any atom is -0.334 e. The van der Waals surface area contributed by atoms with Gasteiger partial charge in [0.05, 0.1) is 5.56 Å². The number of rotatable bonds is 4. The van der Waals surface area contributed by atoms with Crippen molar-refractivity contribution in [2.75, 3.05) is 0 Å². The van der Waals surface area contributed by atoms with Gasteiger partial charge in [0, 0.05) is 23.0 Å². The van der Waals surface area contributed by atoms with Crippen molar-refractivity contribution in [1.82, 2.24) is 4.90 Å². The summed E-state index contributed by atoms with van der Waals surface area (Å²) in [5.41, 5.74) is 0.363. The van der Waals surface area contributed by atoms with E-state index in [0.717, 1.165) is 6.07 Å². The summed E-state index contributed by atoms with van der Waals surface area (Å²) in [4.78, 5) is 26.0. The van der Waals surface area contributed by atoms with Gasteiger partial charge in [0.25, 0.3) is 5.91 Å². The van der Waals surface area contributed by atoms with Crippen molar-refractivity contribution >= 4 is 23.0 Å². The zero-order valence-corrected chi connectivity index (χ0v) is 13.3. The Morgan fingerprint density at radius 1 is 1.09 bits per heavy atom. The molecule has 0 heterocycles. The van der Waals surface area contributed by atoms with Gasteiger partial charge in [0.2, 0.25) is 0 Å². The van der Waals surface area contributed by atoms with Gasteiger partial charge in [-0.3, -0.25) is 9.59 Å². The van der Waals surface area contributed by atoms with Crippen LogP contribution in [0.2, 0.25) is 0 Å². The second-order valence-corrected chi connectivity index (χ2v) is 5.89. The fraction of sp³-hybridized carbons (Fsp3) is 0.333. The number of carbonyl (C=O) groups excluding carboxylic acids is 2. The van der Waals surface area contributed by atoms with Crippen LogP contribution in [-0.4, -0.2) is 29.2 Å². The highest BCUT2D eigenvalue weighted by atomic mass is 19.1. The van der Waals surface area contributed by atoms with Gasteiger partial charge in [0.15, 0.2) is 6.29 Å². The lowest BCUT2D eigenvalue weighted by Crippen LogP contribution is -2.42. The fourth-order valence-corrected chi connectivity index (χ4v) is 2.88. The molecule has 0 atom stereocenters. The largest absolute Gasteiger partial charge is 0.334 e. The quantitative estimate of drug-likeness (QED) is 0.799. The van der Waals surface area contributed by atoms with Crippen LogP contribution in [-0.2, 0) is 0 Å². The van der Waals surface area contributed by atoms with E-state index in [0.29, 0.717) is 17.1 Å². The summed E-state index contributed by atoms with van der Waals surface area (Å²) in [6.07, 6.45) is 0.543. The first-order valence-electron chi connectivity index (χ1n) is 7.37. The molecule has 22 heavy (non-hydrogen) atoms. The smallest absolute Gasteiger partial charge is 0.255 e. The van der Waals surface area contributed by atoms with Gasteiger partial charge in [-0.1, -0.05) is 24.3 Å². The summed E-state index contributed by atoms with van der Waals surface area (Å²) < 4.78 is 14.1. The van der Waals surface area contributed by atoms with Crippen molar-refractivity contribution in [3.63, 3.8) is 0 Å². The fourth-order valence-electron chi connectivity index (χ4n) is 2.88. The summed E-state index contributed by atoms with van der Waals surface area (Å²) in [6, 6.07) is 7.85. The van der Waals surface area contributed by atoms with Crippen LogP contribution in [0.1, 0.15) is 48.4 Å². The van der Waals surface area contributed by atoms with E-state index < -0.39 is 5.82 Å². The van der Waals surface area contributed by atoms with E-state index in [1.807, 2.05) is 27.7 Å². The first-order valence-corrected chi connectivity index (χ1v) is 7.37. The van der Waals surface area contributed by atoms with Crippen molar-refractivity contribution in [2.45, 2.75) is 39.8 Å². The van der Waals surface area contributed by atoms with Gasteiger partial charge in [-0.15, -0.1) is 0 Å². The molecule has 0 aliphatic rings. The van der Waals surface area contributed by atoms with Crippen LogP contribution in [0.5, 0.6) is 0 Å². The van der Waals surface area contributed by atoms with Crippen molar-refractivity contribution in [2.24, 2.45) is 0 Å². The number of benzene rings is 2. The number of nitrogens with zero attached hydrogens (tertiary/aromatic N) is 1. The molecule has 0 aliphatic carbocycles. The molecule has 0 spiro atoms. The molecule has 0 N–H and O–H groups in total. The van der Waals surface area contributed by atoms with E-state index >= 15 is 0 Å². The minimum atomic E-state index is -0.491. The van der Waals surface area contributed by atoms with Gasteiger partial charge in [-0.25, -0.2) is 4.39 Å². The zero-order chi connectivity index (χ0) is 16.4. The van der Waals surface area contributed by atoms with E-state index in [9.17, 15) is 14.0 Å².